The second kappa shape index (κ2) is 6.45. The van der Waals surface area contributed by atoms with Gasteiger partial charge in [-0.05, 0) is 38.0 Å². The van der Waals surface area contributed by atoms with Crippen LogP contribution in [0, 0.1) is 11.7 Å². The minimum absolute atomic E-state index is 0.0759. The van der Waals surface area contributed by atoms with E-state index in [0.717, 1.165) is 12.8 Å². The Hall–Kier alpha value is -2.28. The number of carbonyl (C=O) groups excluding carboxylic acids is 1. The third-order valence-electron chi connectivity index (χ3n) is 4.29. The zero-order valence-electron chi connectivity index (χ0n) is 12.9. The fourth-order valence-corrected chi connectivity index (χ4v) is 2.93. The highest BCUT2D eigenvalue weighted by atomic mass is 19.1. The van der Waals surface area contributed by atoms with Crippen molar-refractivity contribution in [2.45, 2.75) is 25.9 Å². The average molecular weight is 318 g/mol. The molecule has 0 spiro atoms. The summed E-state index contributed by atoms with van der Waals surface area (Å²) in [5, 5.41) is 13.6. The highest BCUT2D eigenvalue weighted by molar-refractivity contribution is 5.94. The second-order valence-electron chi connectivity index (χ2n) is 5.90. The predicted octanol–water partition coefficient (Wildman–Crippen LogP) is 1.64. The van der Waals surface area contributed by atoms with Gasteiger partial charge in [-0.1, -0.05) is 0 Å². The number of hydrogen-bond acceptors (Lipinski definition) is 4. The van der Waals surface area contributed by atoms with Crippen molar-refractivity contribution < 1.29 is 14.3 Å². The van der Waals surface area contributed by atoms with E-state index in [-0.39, 0.29) is 17.5 Å². The molecule has 1 N–H and O–H groups in total. The van der Waals surface area contributed by atoms with Crippen molar-refractivity contribution >= 4 is 5.91 Å². The standard InChI is InChI=1S/C16H19FN4O2/c1-11(22)13-3-2-6-20(8-13)16(23)12-4-5-15(14(17)7-12)21-10-18-9-19-21/h4-5,7,9-11,13,22H,2-3,6,8H2,1H3. The summed E-state index contributed by atoms with van der Waals surface area (Å²) in [6.07, 6.45) is 4.03. The number of hydrogen-bond donors (Lipinski definition) is 1. The lowest BCUT2D eigenvalue weighted by Gasteiger charge is -2.34. The average Bonchev–Trinajstić information content (AvgIpc) is 3.08. The molecular formula is C16H19FN4O2. The molecule has 6 nitrogen and oxygen atoms in total. The summed E-state index contributed by atoms with van der Waals surface area (Å²) in [6.45, 7) is 2.88. The Balaban J connectivity index is 1.79. The quantitative estimate of drug-likeness (QED) is 0.934. The van der Waals surface area contributed by atoms with Crippen LogP contribution in [0.1, 0.15) is 30.1 Å². The van der Waals surface area contributed by atoms with E-state index in [1.165, 1.54) is 29.5 Å². The maximum Gasteiger partial charge on any atom is 0.253 e. The maximum absolute atomic E-state index is 14.2. The Morgan fingerprint density at radius 3 is 2.96 bits per heavy atom. The van der Waals surface area contributed by atoms with E-state index in [0.29, 0.717) is 18.7 Å². The third kappa shape index (κ3) is 3.24. The van der Waals surface area contributed by atoms with Crippen LogP contribution in [0.3, 0.4) is 0 Å². The minimum atomic E-state index is -0.523. The van der Waals surface area contributed by atoms with Crippen molar-refractivity contribution in [3.8, 4) is 5.69 Å². The normalized spacial score (nSPS) is 19.6. The van der Waals surface area contributed by atoms with Gasteiger partial charge >= 0.3 is 0 Å². The summed E-state index contributed by atoms with van der Waals surface area (Å²) in [5.74, 6) is -0.656. The molecule has 0 bridgehead atoms. The second-order valence-corrected chi connectivity index (χ2v) is 5.90. The summed E-state index contributed by atoms with van der Waals surface area (Å²) in [4.78, 5) is 18.0. The molecule has 1 aromatic carbocycles. The van der Waals surface area contributed by atoms with Gasteiger partial charge in [0, 0.05) is 24.6 Å². The molecule has 2 unspecified atom stereocenters. The highest BCUT2D eigenvalue weighted by Crippen LogP contribution is 2.22. The van der Waals surface area contributed by atoms with Crippen LogP contribution in [0.4, 0.5) is 4.39 Å². The van der Waals surface area contributed by atoms with Gasteiger partial charge in [-0.15, -0.1) is 0 Å². The Morgan fingerprint density at radius 2 is 2.30 bits per heavy atom. The topological polar surface area (TPSA) is 71.2 Å². The Kier molecular flexibility index (Phi) is 4.38. The number of nitrogens with zero attached hydrogens (tertiary/aromatic N) is 4. The molecule has 0 aliphatic carbocycles. The summed E-state index contributed by atoms with van der Waals surface area (Å²) in [7, 11) is 0. The fourth-order valence-electron chi connectivity index (χ4n) is 2.93. The molecule has 2 aromatic rings. The first-order chi connectivity index (χ1) is 11.1. The van der Waals surface area contributed by atoms with Gasteiger partial charge in [0.1, 0.15) is 24.2 Å². The van der Waals surface area contributed by atoms with Crippen LogP contribution >= 0.6 is 0 Å². The summed E-state index contributed by atoms with van der Waals surface area (Å²) in [6, 6.07) is 4.34. The highest BCUT2D eigenvalue weighted by Gasteiger charge is 2.27. The number of aliphatic hydroxyl groups is 1. The van der Waals surface area contributed by atoms with Crippen molar-refractivity contribution in [2.24, 2.45) is 5.92 Å². The molecule has 122 valence electrons. The van der Waals surface area contributed by atoms with Crippen LogP contribution < -0.4 is 0 Å². The lowest BCUT2D eigenvalue weighted by Crippen LogP contribution is -2.43. The van der Waals surface area contributed by atoms with Gasteiger partial charge < -0.3 is 10.0 Å². The van der Waals surface area contributed by atoms with E-state index in [1.54, 1.807) is 17.9 Å². The van der Waals surface area contributed by atoms with Crippen molar-refractivity contribution in [3.05, 3.63) is 42.2 Å². The van der Waals surface area contributed by atoms with Gasteiger partial charge in [0.05, 0.1) is 6.10 Å². The van der Waals surface area contributed by atoms with Crippen molar-refractivity contribution in [1.82, 2.24) is 19.7 Å². The number of halogens is 1. The number of likely N-dealkylation sites (tertiary alicyclic amines) is 1. The lowest BCUT2D eigenvalue weighted by molar-refractivity contribution is 0.0465. The van der Waals surface area contributed by atoms with E-state index in [9.17, 15) is 14.3 Å². The van der Waals surface area contributed by atoms with Crippen LogP contribution in [0.5, 0.6) is 0 Å². The van der Waals surface area contributed by atoms with Gasteiger partial charge in [-0.3, -0.25) is 4.79 Å². The van der Waals surface area contributed by atoms with Crippen LogP contribution in [-0.4, -0.2) is 49.9 Å². The zero-order chi connectivity index (χ0) is 16.4. The molecule has 0 saturated carbocycles. The Bertz CT molecular complexity index is 687. The number of rotatable bonds is 3. The molecule has 0 radical (unpaired) electrons. The molecule has 2 heterocycles. The SMILES string of the molecule is CC(O)C1CCCN(C(=O)c2ccc(-n3cncn3)c(F)c2)C1. The molecule has 3 rings (SSSR count). The first kappa shape index (κ1) is 15.6. The molecular weight excluding hydrogens is 299 g/mol. The minimum Gasteiger partial charge on any atom is -0.393 e. The van der Waals surface area contributed by atoms with Crippen LogP contribution in [-0.2, 0) is 0 Å². The van der Waals surface area contributed by atoms with E-state index in [2.05, 4.69) is 10.1 Å². The first-order valence-electron chi connectivity index (χ1n) is 7.68. The largest absolute Gasteiger partial charge is 0.393 e. The van der Waals surface area contributed by atoms with Gasteiger partial charge in [0.25, 0.3) is 5.91 Å². The van der Waals surface area contributed by atoms with Crippen molar-refractivity contribution in [3.63, 3.8) is 0 Å². The summed E-state index contributed by atoms with van der Waals surface area (Å²) >= 11 is 0. The van der Waals surface area contributed by atoms with Crippen LogP contribution in [0.2, 0.25) is 0 Å². The van der Waals surface area contributed by atoms with E-state index >= 15 is 0 Å². The number of carbonyl (C=O) groups is 1. The number of piperidine rings is 1. The third-order valence-corrected chi connectivity index (χ3v) is 4.29. The Morgan fingerprint density at radius 1 is 1.48 bits per heavy atom. The zero-order valence-corrected chi connectivity index (χ0v) is 12.9. The number of aliphatic hydroxyl groups excluding tert-OH is 1. The summed E-state index contributed by atoms with van der Waals surface area (Å²) in [5.41, 5.74) is 0.553. The fraction of sp³-hybridized carbons (Fsp3) is 0.438. The predicted molar refractivity (Wildman–Crippen MR) is 81.6 cm³/mol. The lowest BCUT2D eigenvalue weighted by atomic mass is 9.93. The first-order valence-corrected chi connectivity index (χ1v) is 7.68. The molecule has 1 fully saturated rings. The molecule has 1 aliphatic rings. The summed E-state index contributed by atoms with van der Waals surface area (Å²) < 4.78 is 15.6. The van der Waals surface area contributed by atoms with Crippen LogP contribution in [0.25, 0.3) is 5.69 Å². The molecule has 7 heteroatoms. The number of benzene rings is 1. The van der Waals surface area contributed by atoms with Gasteiger partial charge in [-0.25, -0.2) is 14.1 Å². The van der Waals surface area contributed by atoms with Gasteiger partial charge in [0.15, 0.2) is 0 Å². The number of amides is 1. The molecule has 2 atom stereocenters. The van der Waals surface area contributed by atoms with Crippen molar-refractivity contribution in [1.29, 1.82) is 0 Å². The van der Waals surface area contributed by atoms with Crippen molar-refractivity contribution in [2.75, 3.05) is 13.1 Å². The molecule has 1 aliphatic heterocycles. The van der Waals surface area contributed by atoms with E-state index < -0.39 is 11.9 Å². The molecule has 1 aromatic heterocycles. The van der Waals surface area contributed by atoms with Gasteiger partial charge in [0.2, 0.25) is 0 Å². The monoisotopic (exact) mass is 318 g/mol. The molecule has 1 amide bonds. The van der Waals surface area contributed by atoms with E-state index in [4.69, 9.17) is 0 Å². The number of aromatic nitrogens is 3. The maximum atomic E-state index is 14.2. The Labute approximate surface area is 133 Å². The van der Waals surface area contributed by atoms with E-state index in [1.807, 2.05) is 0 Å². The van der Waals surface area contributed by atoms with Crippen LogP contribution in [0.15, 0.2) is 30.9 Å². The molecule has 1 saturated heterocycles. The molecule has 23 heavy (non-hydrogen) atoms. The smallest absolute Gasteiger partial charge is 0.253 e. The van der Waals surface area contributed by atoms with Gasteiger partial charge in [-0.2, -0.15) is 5.10 Å².